The number of benzene rings is 2. The first kappa shape index (κ1) is 21.1. The molecule has 5 nitrogen and oxygen atoms in total. The lowest BCUT2D eigenvalue weighted by Gasteiger charge is -2.20. The molecular weight excluding hydrogens is 360 g/mol. The molecule has 0 aliphatic rings. The lowest BCUT2D eigenvalue weighted by Crippen LogP contribution is -2.39. The summed E-state index contributed by atoms with van der Waals surface area (Å²) in [5.74, 6) is -0.305. The van der Waals surface area contributed by atoms with E-state index in [1.165, 1.54) is 15.4 Å². The number of hydrogen-bond acceptors (Lipinski definition) is 3. The van der Waals surface area contributed by atoms with Gasteiger partial charge in [0.2, 0.25) is 15.9 Å². The number of nitrogens with zero attached hydrogens (tertiary/aromatic N) is 1. The van der Waals surface area contributed by atoms with Crippen LogP contribution in [-0.2, 0) is 40.7 Å². The number of rotatable bonds is 9. The molecule has 1 amide bonds. The van der Waals surface area contributed by atoms with Crippen LogP contribution < -0.4 is 5.32 Å². The third-order valence-electron chi connectivity index (χ3n) is 4.53. The third-order valence-corrected chi connectivity index (χ3v) is 5.72. The number of nitrogens with one attached hydrogen (secondary N) is 1. The average molecular weight is 389 g/mol. The van der Waals surface area contributed by atoms with Crippen molar-refractivity contribution in [1.29, 1.82) is 0 Å². The molecule has 146 valence electrons. The summed E-state index contributed by atoms with van der Waals surface area (Å²) < 4.78 is 25.3. The zero-order chi connectivity index (χ0) is 19.9. The summed E-state index contributed by atoms with van der Waals surface area (Å²) in [7, 11) is -3.49. The Kier molecular flexibility index (Phi) is 7.56. The van der Waals surface area contributed by atoms with E-state index in [1.807, 2.05) is 30.3 Å². The van der Waals surface area contributed by atoms with Gasteiger partial charge in [0, 0.05) is 13.1 Å². The van der Waals surface area contributed by atoms with Gasteiger partial charge in [0.15, 0.2) is 0 Å². The Labute approximate surface area is 162 Å². The molecule has 2 aromatic rings. The topological polar surface area (TPSA) is 66.5 Å². The summed E-state index contributed by atoms with van der Waals surface area (Å²) in [6.45, 7) is 4.56. The van der Waals surface area contributed by atoms with Crippen LogP contribution in [0.25, 0.3) is 0 Å². The van der Waals surface area contributed by atoms with Gasteiger partial charge in [-0.05, 0) is 35.1 Å². The van der Waals surface area contributed by atoms with E-state index in [9.17, 15) is 13.2 Å². The SMILES string of the molecule is CCc1ccc(CC)c(CNC(=O)CN(Cc2ccccc2)S(C)(=O)=O)c1. The van der Waals surface area contributed by atoms with Gasteiger partial charge < -0.3 is 5.32 Å². The van der Waals surface area contributed by atoms with Crippen LogP contribution >= 0.6 is 0 Å². The van der Waals surface area contributed by atoms with Gasteiger partial charge in [-0.15, -0.1) is 0 Å². The van der Waals surface area contributed by atoms with Crippen molar-refractivity contribution >= 4 is 15.9 Å². The van der Waals surface area contributed by atoms with Crippen LogP contribution in [0.4, 0.5) is 0 Å². The minimum Gasteiger partial charge on any atom is -0.351 e. The summed E-state index contributed by atoms with van der Waals surface area (Å²) in [6, 6.07) is 15.6. The van der Waals surface area contributed by atoms with Crippen LogP contribution in [0.2, 0.25) is 0 Å². The molecule has 0 unspecified atom stereocenters. The van der Waals surface area contributed by atoms with Gasteiger partial charge in [-0.25, -0.2) is 8.42 Å². The summed E-state index contributed by atoms with van der Waals surface area (Å²) >= 11 is 0. The van der Waals surface area contributed by atoms with E-state index >= 15 is 0 Å². The van der Waals surface area contributed by atoms with Crippen LogP contribution in [0.15, 0.2) is 48.5 Å². The Hall–Kier alpha value is -2.18. The number of carbonyl (C=O) groups excluding carboxylic acids is 1. The fourth-order valence-electron chi connectivity index (χ4n) is 2.90. The van der Waals surface area contributed by atoms with Gasteiger partial charge in [-0.2, -0.15) is 4.31 Å². The Balaban J connectivity index is 2.04. The smallest absolute Gasteiger partial charge is 0.235 e. The molecule has 0 aliphatic heterocycles. The summed E-state index contributed by atoms with van der Waals surface area (Å²) in [5, 5.41) is 2.87. The van der Waals surface area contributed by atoms with E-state index in [0.717, 1.165) is 30.2 Å². The fraction of sp³-hybridized carbons (Fsp3) is 0.381. The number of amides is 1. The molecular formula is C21H28N2O3S. The second-order valence-electron chi connectivity index (χ2n) is 6.60. The molecule has 0 saturated carbocycles. The van der Waals surface area contributed by atoms with Gasteiger partial charge in [-0.3, -0.25) is 4.79 Å². The molecule has 0 aromatic heterocycles. The van der Waals surface area contributed by atoms with E-state index in [-0.39, 0.29) is 19.0 Å². The van der Waals surface area contributed by atoms with Gasteiger partial charge in [0.05, 0.1) is 12.8 Å². The molecule has 0 atom stereocenters. The minimum atomic E-state index is -3.49. The molecule has 0 heterocycles. The molecule has 0 saturated heterocycles. The fourth-order valence-corrected chi connectivity index (χ4v) is 3.63. The maximum Gasteiger partial charge on any atom is 0.235 e. The third kappa shape index (κ3) is 6.48. The molecule has 1 N–H and O–H groups in total. The number of carbonyl (C=O) groups is 1. The van der Waals surface area contributed by atoms with E-state index in [4.69, 9.17) is 0 Å². The second-order valence-corrected chi connectivity index (χ2v) is 8.59. The molecule has 0 spiro atoms. The highest BCUT2D eigenvalue weighted by Crippen LogP contribution is 2.14. The van der Waals surface area contributed by atoms with E-state index in [2.05, 4.69) is 37.4 Å². The van der Waals surface area contributed by atoms with Crippen molar-refractivity contribution in [1.82, 2.24) is 9.62 Å². The highest BCUT2D eigenvalue weighted by molar-refractivity contribution is 7.88. The Morgan fingerprint density at radius 2 is 1.67 bits per heavy atom. The number of hydrogen-bond donors (Lipinski definition) is 1. The quantitative estimate of drug-likeness (QED) is 0.718. The Bertz CT molecular complexity index is 864. The van der Waals surface area contributed by atoms with Crippen molar-refractivity contribution in [3.8, 4) is 0 Å². The Morgan fingerprint density at radius 1 is 0.963 bits per heavy atom. The Morgan fingerprint density at radius 3 is 2.26 bits per heavy atom. The summed E-state index contributed by atoms with van der Waals surface area (Å²) in [4.78, 5) is 12.4. The van der Waals surface area contributed by atoms with Gasteiger partial charge in [0.1, 0.15) is 0 Å². The summed E-state index contributed by atoms with van der Waals surface area (Å²) in [5.41, 5.74) is 4.34. The van der Waals surface area contributed by atoms with Gasteiger partial charge in [-0.1, -0.05) is 62.4 Å². The van der Waals surface area contributed by atoms with Crippen molar-refractivity contribution in [2.75, 3.05) is 12.8 Å². The van der Waals surface area contributed by atoms with Gasteiger partial charge >= 0.3 is 0 Å². The first-order valence-corrected chi connectivity index (χ1v) is 11.0. The molecule has 0 fully saturated rings. The molecule has 0 bridgehead atoms. The van der Waals surface area contributed by atoms with Crippen LogP contribution in [-0.4, -0.2) is 31.4 Å². The monoisotopic (exact) mass is 388 g/mol. The second kappa shape index (κ2) is 9.67. The van der Waals surface area contributed by atoms with Crippen molar-refractivity contribution in [3.63, 3.8) is 0 Å². The van der Waals surface area contributed by atoms with Crippen molar-refractivity contribution in [2.24, 2.45) is 0 Å². The average Bonchev–Trinajstić information content (AvgIpc) is 2.65. The molecule has 0 radical (unpaired) electrons. The highest BCUT2D eigenvalue weighted by Gasteiger charge is 2.20. The molecule has 0 aliphatic carbocycles. The molecule has 2 aromatic carbocycles. The predicted octanol–water partition coefficient (Wildman–Crippen LogP) is 2.89. The lowest BCUT2D eigenvalue weighted by molar-refractivity contribution is -0.121. The molecule has 27 heavy (non-hydrogen) atoms. The van der Waals surface area contributed by atoms with E-state index < -0.39 is 10.0 Å². The van der Waals surface area contributed by atoms with Gasteiger partial charge in [0.25, 0.3) is 0 Å². The number of sulfonamides is 1. The first-order valence-electron chi connectivity index (χ1n) is 9.19. The van der Waals surface area contributed by atoms with Crippen molar-refractivity contribution in [2.45, 2.75) is 39.8 Å². The highest BCUT2D eigenvalue weighted by atomic mass is 32.2. The zero-order valence-electron chi connectivity index (χ0n) is 16.2. The lowest BCUT2D eigenvalue weighted by atomic mass is 10.0. The first-order chi connectivity index (χ1) is 12.8. The molecule has 2 rings (SSSR count). The van der Waals surface area contributed by atoms with Crippen molar-refractivity contribution < 1.29 is 13.2 Å². The minimum absolute atomic E-state index is 0.179. The maximum absolute atomic E-state index is 12.4. The molecule has 6 heteroatoms. The van der Waals surface area contributed by atoms with E-state index in [1.54, 1.807) is 0 Å². The van der Waals surface area contributed by atoms with Crippen molar-refractivity contribution in [3.05, 3.63) is 70.8 Å². The predicted molar refractivity (Wildman–Crippen MR) is 109 cm³/mol. The van der Waals surface area contributed by atoms with Crippen LogP contribution in [0.3, 0.4) is 0 Å². The number of aryl methyl sites for hydroxylation is 2. The standard InChI is InChI=1S/C21H28N2O3S/c1-4-17-11-12-19(5-2)20(13-17)14-22-21(24)16-23(27(3,25)26)15-18-9-7-6-8-10-18/h6-13H,4-5,14-16H2,1-3H3,(H,22,24). The maximum atomic E-state index is 12.4. The van der Waals surface area contributed by atoms with E-state index in [0.29, 0.717) is 6.54 Å². The van der Waals surface area contributed by atoms with Crippen LogP contribution in [0.1, 0.15) is 36.1 Å². The zero-order valence-corrected chi connectivity index (χ0v) is 17.1. The summed E-state index contributed by atoms with van der Waals surface area (Å²) in [6.07, 6.45) is 2.95. The normalized spacial score (nSPS) is 11.6. The van der Waals surface area contributed by atoms with Crippen LogP contribution in [0.5, 0.6) is 0 Å². The largest absolute Gasteiger partial charge is 0.351 e. The van der Waals surface area contributed by atoms with Crippen LogP contribution in [0, 0.1) is 0 Å².